The number of imide groups is 1. The maximum Gasteiger partial charge on any atom is 0.573 e. The SMILES string of the molecule is Cc1cc(OC(F)(F)F)c(F)cc1NC1=CC(=O)N(CCO)C1=O. The molecule has 0 saturated heterocycles. The van der Waals surface area contributed by atoms with Gasteiger partial charge in [-0.2, -0.15) is 0 Å². The van der Waals surface area contributed by atoms with Gasteiger partial charge in [-0.25, -0.2) is 4.39 Å². The molecule has 130 valence electrons. The minimum absolute atomic E-state index is 0.000253. The van der Waals surface area contributed by atoms with Crippen LogP contribution in [0, 0.1) is 12.7 Å². The zero-order valence-electron chi connectivity index (χ0n) is 12.3. The second-order valence-electron chi connectivity index (χ2n) is 4.85. The summed E-state index contributed by atoms with van der Waals surface area (Å²) in [5.74, 6) is -3.68. The fourth-order valence-corrected chi connectivity index (χ4v) is 2.05. The Balaban J connectivity index is 2.22. The van der Waals surface area contributed by atoms with Crippen molar-refractivity contribution in [1.29, 1.82) is 0 Å². The van der Waals surface area contributed by atoms with Crippen LogP contribution in [0.3, 0.4) is 0 Å². The van der Waals surface area contributed by atoms with Gasteiger partial charge in [0.2, 0.25) is 0 Å². The van der Waals surface area contributed by atoms with E-state index in [0.717, 1.165) is 23.1 Å². The predicted octanol–water partition coefficient (Wildman–Crippen LogP) is 1.69. The standard InChI is InChI=1S/C14H12F4N2O4/c1-7-4-11(24-14(16,17)18)8(15)5-9(7)19-10-6-12(22)20(2-3-21)13(10)23/h4-6,19,21H,2-3H2,1H3. The number of nitrogens with one attached hydrogen (secondary N) is 1. The van der Waals surface area contributed by atoms with Crippen molar-refractivity contribution in [1.82, 2.24) is 4.90 Å². The summed E-state index contributed by atoms with van der Waals surface area (Å²) in [6, 6.07) is 1.54. The molecule has 1 aromatic carbocycles. The van der Waals surface area contributed by atoms with Crippen LogP contribution in [0.5, 0.6) is 5.75 Å². The van der Waals surface area contributed by atoms with Crippen molar-refractivity contribution in [2.45, 2.75) is 13.3 Å². The van der Waals surface area contributed by atoms with Crippen molar-refractivity contribution in [3.8, 4) is 5.75 Å². The number of hydrogen-bond donors (Lipinski definition) is 2. The highest BCUT2D eigenvalue weighted by Gasteiger charge is 2.33. The van der Waals surface area contributed by atoms with E-state index in [9.17, 15) is 27.2 Å². The van der Waals surface area contributed by atoms with E-state index in [1.807, 2.05) is 0 Å². The average Bonchev–Trinajstić information content (AvgIpc) is 2.71. The van der Waals surface area contributed by atoms with Crippen LogP contribution < -0.4 is 10.1 Å². The molecule has 0 spiro atoms. The van der Waals surface area contributed by atoms with E-state index < -0.39 is 36.4 Å². The maximum absolute atomic E-state index is 13.7. The topological polar surface area (TPSA) is 78.9 Å². The number of aryl methyl sites for hydroxylation is 1. The number of alkyl halides is 3. The molecule has 0 bridgehead atoms. The normalized spacial score (nSPS) is 14.9. The van der Waals surface area contributed by atoms with Gasteiger partial charge in [0, 0.05) is 17.8 Å². The highest BCUT2D eigenvalue weighted by molar-refractivity contribution is 6.17. The van der Waals surface area contributed by atoms with Crippen molar-refractivity contribution in [3.05, 3.63) is 35.3 Å². The summed E-state index contributed by atoms with van der Waals surface area (Å²) < 4.78 is 53.8. The molecule has 2 rings (SSSR count). The summed E-state index contributed by atoms with van der Waals surface area (Å²) in [6.45, 7) is 0.749. The van der Waals surface area contributed by atoms with E-state index >= 15 is 0 Å². The molecule has 1 aliphatic rings. The van der Waals surface area contributed by atoms with Crippen molar-refractivity contribution < 1.29 is 37.0 Å². The molecule has 6 nitrogen and oxygen atoms in total. The van der Waals surface area contributed by atoms with Crippen molar-refractivity contribution >= 4 is 17.5 Å². The Labute approximate surface area is 133 Å². The number of hydrogen-bond acceptors (Lipinski definition) is 5. The van der Waals surface area contributed by atoms with Gasteiger partial charge in [-0.1, -0.05) is 0 Å². The fourth-order valence-electron chi connectivity index (χ4n) is 2.05. The molecule has 0 aliphatic carbocycles. The number of anilines is 1. The zero-order valence-corrected chi connectivity index (χ0v) is 12.3. The first-order valence-corrected chi connectivity index (χ1v) is 6.63. The number of nitrogens with zero attached hydrogens (tertiary/aromatic N) is 1. The Morgan fingerprint density at radius 2 is 1.96 bits per heavy atom. The molecular formula is C14H12F4N2O4. The Morgan fingerprint density at radius 1 is 1.29 bits per heavy atom. The first-order chi connectivity index (χ1) is 11.1. The van der Waals surface area contributed by atoms with Crippen LogP contribution in [0.1, 0.15) is 5.56 Å². The van der Waals surface area contributed by atoms with Crippen LogP contribution in [-0.4, -0.2) is 41.3 Å². The van der Waals surface area contributed by atoms with Gasteiger partial charge < -0.3 is 15.2 Å². The minimum atomic E-state index is -5.04. The molecule has 0 radical (unpaired) electrons. The molecule has 24 heavy (non-hydrogen) atoms. The second kappa shape index (κ2) is 6.48. The number of halogens is 4. The van der Waals surface area contributed by atoms with Crippen LogP contribution in [0.4, 0.5) is 23.2 Å². The van der Waals surface area contributed by atoms with Crippen molar-refractivity contribution in [2.75, 3.05) is 18.5 Å². The average molecular weight is 348 g/mol. The van der Waals surface area contributed by atoms with Crippen molar-refractivity contribution in [2.24, 2.45) is 0 Å². The lowest BCUT2D eigenvalue weighted by Gasteiger charge is -2.16. The molecular weight excluding hydrogens is 336 g/mol. The van der Waals surface area contributed by atoms with Crippen LogP contribution in [0.25, 0.3) is 0 Å². The van der Waals surface area contributed by atoms with Gasteiger partial charge in [0.15, 0.2) is 11.6 Å². The summed E-state index contributed by atoms with van der Waals surface area (Å²) >= 11 is 0. The summed E-state index contributed by atoms with van der Waals surface area (Å²) in [5, 5.41) is 11.3. The van der Waals surface area contributed by atoms with Gasteiger partial charge in [0.25, 0.3) is 11.8 Å². The maximum atomic E-state index is 13.7. The van der Waals surface area contributed by atoms with E-state index in [0.29, 0.717) is 0 Å². The number of benzene rings is 1. The summed E-state index contributed by atoms with van der Waals surface area (Å²) in [6.07, 6.45) is -4.08. The van der Waals surface area contributed by atoms with E-state index in [1.165, 1.54) is 6.92 Å². The number of carbonyl (C=O) groups excluding carboxylic acids is 2. The van der Waals surface area contributed by atoms with Crippen LogP contribution >= 0.6 is 0 Å². The molecule has 2 amide bonds. The number of aliphatic hydroxyl groups excluding tert-OH is 1. The van der Waals surface area contributed by atoms with Gasteiger partial charge in [-0.05, 0) is 18.6 Å². The van der Waals surface area contributed by atoms with Gasteiger partial charge in [0.05, 0.1) is 13.2 Å². The zero-order chi connectivity index (χ0) is 18.1. The molecule has 0 fully saturated rings. The van der Waals surface area contributed by atoms with Crippen molar-refractivity contribution in [3.63, 3.8) is 0 Å². The Kier molecular flexibility index (Phi) is 4.78. The molecule has 0 unspecified atom stereocenters. The minimum Gasteiger partial charge on any atom is -0.403 e. The Bertz CT molecular complexity index is 715. The largest absolute Gasteiger partial charge is 0.573 e. The third kappa shape index (κ3) is 3.82. The first kappa shape index (κ1) is 17.7. The molecule has 1 heterocycles. The Morgan fingerprint density at radius 3 is 2.54 bits per heavy atom. The number of ether oxygens (including phenoxy) is 1. The molecule has 0 aromatic heterocycles. The van der Waals surface area contributed by atoms with Crippen LogP contribution in [0.15, 0.2) is 23.9 Å². The lowest BCUT2D eigenvalue weighted by Crippen LogP contribution is -2.34. The van der Waals surface area contributed by atoms with Gasteiger partial charge in [-0.3, -0.25) is 14.5 Å². The van der Waals surface area contributed by atoms with Gasteiger partial charge in [0.1, 0.15) is 5.70 Å². The molecule has 1 aliphatic heterocycles. The molecule has 0 saturated carbocycles. The monoisotopic (exact) mass is 348 g/mol. The van der Waals surface area contributed by atoms with Crippen LogP contribution in [-0.2, 0) is 9.59 Å². The van der Waals surface area contributed by atoms with E-state index in [2.05, 4.69) is 10.1 Å². The summed E-state index contributed by atoms with van der Waals surface area (Å²) in [4.78, 5) is 24.3. The highest BCUT2D eigenvalue weighted by atomic mass is 19.4. The number of β-amino-alcohol motifs (C(OH)–C–C–N with tert-alkyl or cyclic N) is 1. The fraction of sp³-hybridized carbons (Fsp3) is 0.286. The second-order valence-corrected chi connectivity index (χ2v) is 4.85. The lowest BCUT2D eigenvalue weighted by atomic mass is 10.1. The number of aliphatic hydroxyl groups is 1. The lowest BCUT2D eigenvalue weighted by molar-refractivity contribution is -0.275. The Hall–Kier alpha value is -2.62. The van der Waals surface area contributed by atoms with Crippen LogP contribution in [0.2, 0.25) is 0 Å². The summed E-state index contributed by atoms with van der Waals surface area (Å²) in [7, 11) is 0. The van der Waals surface area contributed by atoms with E-state index in [1.54, 1.807) is 0 Å². The molecule has 0 atom stereocenters. The highest BCUT2D eigenvalue weighted by Crippen LogP contribution is 2.31. The number of carbonyl (C=O) groups is 2. The molecule has 2 N–H and O–H groups in total. The van der Waals surface area contributed by atoms with E-state index in [4.69, 9.17) is 5.11 Å². The van der Waals surface area contributed by atoms with Gasteiger partial charge in [-0.15, -0.1) is 13.2 Å². The first-order valence-electron chi connectivity index (χ1n) is 6.63. The molecule has 1 aromatic rings. The third-order valence-electron chi connectivity index (χ3n) is 3.11. The van der Waals surface area contributed by atoms with Gasteiger partial charge >= 0.3 is 6.36 Å². The summed E-state index contributed by atoms with van der Waals surface area (Å²) in [5.41, 5.74) is -0.0156. The van der Waals surface area contributed by atoms with E-state index in [-0.39, 0.29) is 23.5 Å². The predicted molar refractivity (Wildman–Crippen MR) is 73.3 cm³/mol. The smallest absolute Gasteiger partial charge is 0.403 e. The quantitative estimate of drug-likeness (QED) is 0.625. The third-order valence-corrected chi connectivity index (χ3v) is 3.11. The number of rotatable bonds is 5. The number of amides is 2. The molecule has 10 heteroatoms.